The molecule has 1 aliphatic heterocycles. The zero-order valence-corrected chi connectivity index (χ0v) is 26.4. The van der Waals surface area contributed by atoms with E-state index in [1.165, 1.54) is 5.56 Å². The van der Waals surface area contributed by atoms with Gasteiger partial charge in [-0.05, 0) is 84.2 Å². The highest BCUT2D eigenvalue weighted by Gasteiger charge is 2.49. The molecule has 1 unspecified atom stereocenters. The van der Waals surface area contributed by atoms with Crippen LogP contribution in [0.25, 0.3) is 11.1 Å². The quantitative estimate of drug-likeness (QED) is 0.163. The standard InChI is InChI=1S/C39H40F3N3O2/c40-39(41,42)27-43-37(47)38(33-17-6-4-15-31(33)32-16-5-7-18-34(32)38)24-10-8-12-28-20-22-30(23-21-28)44-36(46)35-19-9-11-25-45(35)26-29-13-2-1-3-14-29/h1-7,13-18,20-23,35H,8-12,19,24-27H2,(H,43,47)(H,44,46). The summed E-state index contributed by atoms with van der Waals surface area (Å²) in [6.07, 6.45) is 0.972. The molecule has 6 rings (SSSR count). The number of fused-ring (bicyclic) bond motifs is 3. The summed E-state index contributed by atoms with van der Waals surface area (Å²) in [5.74, 6) is -0.604. The van der Waals surface area contributed by atoms with Crippen LogP contribution >= 0.6 is 0 Å². The summed E-state index contributed by atoms with van der Waals surface area (Å²) in [4.78, 5) is 29.3. The van der Waals surface area contributed by atoms with Crippen LogP contribution in [-0.4, -0.2) is 42.0 Å². The predicted molar refractivity (Wildman–Crippen MR) is 179 cm³/mol. The van der Waals surface area contributed by atoms with Gasteiger partial charge in [0.2, 0.25) is 11.8 Å². The first-order valence-electron chi connectivity index (χ1n) is 16.5. The Hall–Kier alpha value is -4.43. The van der Waals surface area contributed by atoms with Gasteiger partial charge in [0.25, 0.3) is 0 Å². The molecule has 5 nitrogen and oxygen atoms in total. The van der Waals surface area contributed by atoms with Gasteiger partial charge in [0.1, 0.15) is 12.0 Å². The van der Waals surface area contributed by atoms with E-state index in [2.05, 4.69) is 27.7 Å². The van der Waals surface area contributed by atoms with Crippen molar-refractivity contribution in [1.82, 2.24) is 10.2 Å². The van der Waals surface area contributed by atoms with Gasteiger partial charge in [-0.1, -0.05) is 104 Å². The molecule has 1 aliphatic carbocycles. The number of hydrogen-bond acceptors (Lipinski definition) is 3. The Balaban J connectivity index is 1.09. The van der Waals surface area contributed by atoms with Gasteiger partial charge < -0.3 is 10.6 Å². The molecule has 1 fully saturated rings. The molecule has 1 saturated heterocycles. The van der Waals surface area contributed by atoms with E-state index in [0.29, 0.717) is 12.8 Å². The molecule has 1 atom stereocenters. The van der Waals surface area contributed by atoms with Gasteiger partial charge >= 0.3 is 6.18 Å². The molecule has 4 aromatic rings. The second-order valence-corrected chi connectivity index (χ2v) is 12.7. The molecule has 0 aromatic heterocycles. The lowest BCUT2D eigenvalue weighted by Gasteiger charge is -2.34. The first-order valence-corrected chi connectivity index (χ1v) is 16.5. The minimum atomic E-state index is -4.50. The number of likely N-dealkylation sites (tertiary alicyclic amines) is 1. The van der Waals surface area contributed by atoms with Gasteiger partial charge in [-0.2, -0.15) is 13.2 Å². The molecule has 0 spiro atoms. The Kier molecular flexibility index (Phi) is 9.78. The minimum absolute atomic E-state index is 0.0135. The summed E-state index contributed by atoms with van der Waals surface area (Å²) < 4.78 is 39.5. The number of unbranched alkanes of at least 4 members (excludes halogenated alkanes) is 1. The Labute approximate surface area is 274 Å². The van der Waals surface area contributed by atoms with Crippen LogP contribution in [0.5, 0.6) is 0 Å². The number of nitrogens with one attached hydrogen (secondary N) is 2. The van der Waals surface area contributed by atoms with E-state index in [4.69, 9.17) is 0 Å². The highest BCUT2D eigenvalue weighted by molar-refractivity contribution is 6.00. The van der Waals surface area contributed by atoms with Crippen LogP contribution in [0, 0.1) is 0 Å². The summed E-state index contributed by atoms with van der Waals surface area (Å²) in [5, 5.41) is 5.32. The molecule has 0 radical (unpaired) electrons. The third kappa shape index (κ3) is 7.28. The zero-order valence-electron chi connectivity index (χ0n) is 26.4. The maximum absolute atomic E-state index is 13.7. The van der Waals surface area contributed by atoms with Crippen molar-refractivity contribution in [2.45, 2.75) is 69.1 Å². The van der Waals surface area contributed by atoms with E-state index in [0.717, 1.165) is 78.7 Å². The van der Waals surface area contributed by atoms with Crippen molar-refractivity contribution in [2.24, 2.45) is 0 Å². The van der Waals surface area contributed by atoms with Gasteiger partial charge in [0.05, 0.1) is 6.04 Å². The molecule has 0 saturated carbocycles. The molecule has 4 aromatic carbocycles. The SMILES string of the molecule is O=C(Nc1ccc(CCCCC2(C(=O)NCC(F)(F)F)c3ccccc3-c3ccccc32)cc1)C1CCCCN1Cc1ccccc1. The van der Waals surface area contributed by atoms with E-state index >= 15 is 0 Å². The normalized spacial score (nSPS) is 17.0. The fourth-order valence-electron chi connectivity index (χ4n) is 7.28. The monoisotopic (exact) mass is 639 g/mol. The highest BCUT2D eigenvalue weighted by Crippen LogP contribution is 2.51. The minimum Gasteiger partial charge on any atom is -0.346 e. The molecular formula is C39H40F3N3O2. The van der Waals surface area contributed by atoms with Crippen LogP contribution < -0.4 is 10.6 Å². The molecular weight excluding hydrogens is 599 g/mol. The molecule has 0 bridgehead atoms. The fourth-order valence-corrected chi connectivity index (χ4v) is 7.28. The topological polar surface area (TPSA) is 61.4 Å². The summed E-state index contributed by atoms with van der Waals surface area (Å²) >= 11 is 0. The van der Waals surface area contributed by atoms with Crippen LogP contribution in [-0.2, 0) is 28.0 Å². The fraction of sp³-hybridized carbons (Fsp3) is 0.333. The smallest absolute Gasteiger partial charge is 0.346 e. The van der Waals surface area contributed by atoms with Gasteiger partial charge in [0.15, 0.2) is 0 Å². The number of carbonyl (C=O) groups is 2. The molecule has 47 heavy (non-hydrogen) atoms. The molecule has 1 heterocycles. The zero-order chi connectivity index (χ0) is 32.9. The summed E-state index contributed by atoms with van der Waals surface area (Å²) in [5.41, 5.74) is 5.13. The van der Waals surface area contributed by atoms with Crippen molar-refractivity contribution in [1.29, 1.82) is 0 Å². The van der Waals surface area contributed by atoms with Crippen molar-refractivity contribution in [3.8, 4) is 11.1 Å². The second-order valence-electron chi connectivity index (χ2n) is 12.7. The Morgan fingerprint density at radius 2 is 1.40 bits per heavy atom. The van der Waals surface area contributed by atoms with Crippen LogP contribution in [0.1, 0.15) is 60.8 Å². The van der Waals surface area contributed by atoms with E-state index in [-0.39, 0.29) is 11.9 Å². The lowest BCUT2D eigenvalue weighted by atomic mass is 9.73. The number of alkyl halides is 3. The molecule has 2 N–H and O–H groups in total. The average Bonchev–Trinajstić information content (AvgIpc) is 3.37. The largest absolute Gasteiger partial charge is 0.405 e. The van der Waals surface area contributed by atoms with Crippen molar-refractivity contribution < 1.29 is 22.8 Å². The van der Waals surface area contributed by atoms with Gasteiger partial charge in [-0.15, -0.1) is 0 Å². The van der Waals surface area contributed by atoms with Gasteiger partial charge in [-0.25, -0.2) is 0 Å². The van der Waals surface area contributed by atoms with Crippen LogP contribution in [0.4, 0.5) is 18.9 Å². The highest BCUT2D eigenvalue weighted by atomic mass is 19.4. The van der Waals surface area contributed by atoms with Crippen molar-refractivity contribution in [3.05, 3.63) is 125 Å². The average molecular weight is 640 g/mol. The van der Waals surface area contributed by atoms with Gasteiger partial charge in [-0.3, -0.25) is 14.5 Å². The number of rotatable bonds is 11. The van der Waals surface area contributed by atoms with E-state index in [9.17, 15) is 22.8 Å². The number of piperidine rings is 1. The van der Waals surface area contributed by atoms with Gasteiger partial charge in [0, 0.05) is 12.2 Å². The number of aryl methyl sites for hydroxylation is 1. The maximum Gasteiger partial charge on any atom is 0.405 e. The third-order valence-corrected chi connectivity index (χ3v) is 9.53. The summed E-state index contributed by atoms with van der Waals surface area (Å²) in [6, 6.07) is 33.0. The van der Waals surface area contributed by atoms with E-state index in [1.807, 2.05) is 91.0 Å². The van der Waals surface area contributed by atoms with E-state index in [1.54, 1.807) is 0 Å². The summed E-state index contributed by atoms with van der Waals surface area (Å²) in [7, 11) is 0. The summed E-state index contributed by atoms with van der Waals surface area (Å²) in [6.45, 7) is 0.279. The third-order valence-electron chi connectivity index (χ3n) is 9.53. The van der Waals surface area contributed by atoms with Crippen molar-refractivity contribution in [3.63, 3.8) is 0 Å². The number of hydrogen-bond donors (Lipinski definition) is 2. The van der Waals surface area contributed by atoms with E-state index < -0.39 is 24.0 Å². The number of anilines is 1. The first kappa shape index (κ1) is 32.5. The van der Waals surface area contributed by atoms with Crippen molar-refractivity contribution in [2.75, 3.05) is 18.4 Å². The van der Waals surface area contributed by atoms with Crippen LogP contribution in [0.2, 0.25) is 0 Å². The number of amides is 2. The lowest BCUT2D eigenvalue weighted by Crippen LogP contribution is -2.47. The molecule has 2 amide bonds. The Morgan fingerprint density at radius 1 is 0.766 bits per heavy atom. The number of carbonyl (C=O) groups excluding carboxylic acids is 2. The molecule has 244 valence electrons. The lowest BCUT2D eigenvalue weighted by molar-refractivity contribution is -0.141. The molecule has 2 aliphatic rings. The van der Waals surface area contributed by atoms with Crippen molar-refractivity contribution >= 4 is 17.5 Å². The number of benzene rings is 4. The van der Waals surface area contributed by atoms with Crippen LogP contribution in [0.15, 0.2) is 103 Å². The Bertz CT molecular complexity index is 1640. The first-order chi connectivity index (χ1) is 22.7. The maximum atomic E-state index is 13.7. The number of halogens is 3. The second kappa shape index (κ2) is 14.1. The predicted octanol–water partition coefficient (Wildman–Crippen LogP) is 8.04. The number of nitrogens with zero attached hydrogens (tertiary/aromatic N) is 1. The van der Waals surface area contributed by atoms with Crippen LogP contribution in [0.3, 0.4) is 0 Å². The molecule has 8 heteroatoms. The Morgan fingerprint density at radius 3 is 2.06 bits per heavy atom.